The maximum Gasteiger partial charge on any atom is 0.327 e. The number of amides is 2. The molecule has 0 radical (unpaired) electrons. The van der Waals surface area contributed by atoms with Crippen LogP contribution in [0.4, 0.5) is 0 Å². The molecule has 0 aromatic heterocycles. The Labute approximate surface area is 123 Å². The van der Waals surface area contributed by atoms with Gasteiger partial charge in [-0.15, -0.1) is 0 Å². The van der Waals surface area contributed by atoms with Gasteiger partial charge in [0.1, 0.15) is 6.04 Å². The number of hydrogen-bond donors (Lipinski definition) is 1. The fourth-order valence-electron chi connectivity index (χ4n) is 4.95. The fourth-order valence-corrected chi connectivity index (χ4v) is 4.95. The number of rotatable bonds is 3. The van der Waals surface area contributed by atoms with Crippen molar-refractivity contribution in [3.63, 3.8) is 0 Å². The lowest BCUT2D eigenvalue weighted by atomic mass is 9.63. The van der Waals surface area contributed by atoms with E-state index >= 15 is 0 Å². The lowest BCUT2D eigenvalue weighted by molar-refractivity contribution is -0.157. The van der Waals surface area contributed by atoms with Crippen molar-refractivity contribution >= 4 is 17.8 Å². The molecule has 2 bridgehead atoms. The van der Waals surface area contributed by atoms with Crippen molar-refractivity contribution in [1.82, 2.24) is 4.90 Å². The Morgan fingerprint density at radius 3 is 2.00 bits per heavy atom. The number of carbonyl (C=O) groups is 3. The van der Waals surface area contributed by atoms with Gasteiger partial charge in [-0.3, -0.25) is 14.5 Å². The summed E-state index contributed by atoms with van der Waals surface area (Å²) >= 11 is 0. The second-order valence-electron chi connectivity index (χ2n) is 7.23. The SMILES string of the molecule is CC(C)[C@H](C(=O)O)N1C(=O)[C@H]2[C@@H]3C=C[C@H]([C@@H]4C[C@H]34)[C@@H]2C1=O. The van der Waals surface area contributed by atoms with E-state index < -0.39 is 12.0 Å². The first-order valence-corrected chi connectivity index (χ1v) is 7.71. The normalized spacial score (nSPS) is 44.0. The molecule has 0 unspecified atom stereocenters. The van der Waals surface area contributed by atoms with Crippen LogP contribution in [-0.4, -0.2) is 33.8 Å². The van der Waals surface area contributed by atoms with E-state index in [0.29, 0.717) is 11.8 Å². The number of aliphatic carboxylic acids is 1. The number of likely N-dealkylation sites (tertiary alicyclic amines) is 1. The van der Waals surface area contributed by atoms with Crippen molar-refractivity contribution in [3.05, 3.63) is 12.2 Å². The van der Waals surface area contributed by atoms with Crippen molar-refractivity contribution in [2.75, 3.05) is 0 Å². The number of allylic oxidation sites excluding steroid dienone is 2. The van der Waals surface area contributed by atoms with E-state index in [4.69, 9.17) is 0 Å². The topological polar surface area (TPSA) is 74.7 Å². The highest BCUT2D eigenvalue weighted by molar-refractivity contribution is 6.08. The van der Waals surface area contributed by atoms with Gasteiger partial charge in [0.2, 0.25) is 11.8 Å². The maximum absolute atomic E-state index is 12.8. The Balaban J connectivity index is 1.73. The molecule has 5 aliphatic rings. The van der Waals surface area contributed by atoms with Gasteiger partial charge >= 0.3 is 5.97 Å². The minimum absolute atomic E-state index is 0.146. The summed E-state index contributed by atoms with van der Waals surface area (Å²) in [5, 5.41) is 9.42. The third kappa shape index (κ3) is 1.49. The molecule has 5 heteroatoms. The van der Waals surface area contributed by atoms with Gasteiger partial charge in [0.05, 0.1) is 11.8 Å². The van der Waals surface area contributed by atoms with Gasteiger partial charge in [-0.1, -0.05) is 26.0 Å². The number of carboxylic acid groups (broad SMARTS) is 1. The average Bonchev–Trinajstić information content (AvgIpc) is 3.19. The molecule has 7 atom stereocenters. The molecule has 1 saturated heterocycles. The van der Waals surface area contributed by atoms with Crippen LogP contribution in [0, 0.1) is 41.4 Å². The Morgan fingerprint density at radius 2 is 1.62 bits per heavy atom. The van der Waals surface area contributed by atoms with Crippen LogP contribution in [0.25, 0.3) is 0 Å². The second kappa shape index (κ2) is 3.96. The molecule has 21 heavy (non-hydrogen) atoms. The third-order valence-corrected chi connectivity index (χ3v) is 5.86. The molecule has 1 aliphatic heterocycles. The van der Waals surface area contributed by atoms with Crippen LogP contribution in [0.5, 0.6) is 0 Å². The fraction of sp³-hybridized carbons (Fsp3) is 0.688. The van der Waals surface area contributed by atoms with E-state index in [1.54, 1.807) is 13.8 Å². The van der Waals surface area contributed by atoms with E-state index in [2.05, 4.69) is 12.2 Å². The Hall–Kier alpha value is -1.65. The van der Waals surface area contributed by atoms with Gasteiger partial charge < -0.3 is 5.11 Å². The van der Waals surface area contributed by atoms with Gasteiger partial charge in [-0.05, 0) is 36.0 Å². The molecule has 0 aromatic rings. The summed E-state index contributed by atoms with van der Waals surface area (Å²) in [7, 11) is 0. The largest absolute Gasteiger partial charge is 0.480 e. The first-order valence-electron chi connectivity index (χ1n) is 7.71. The standard InChI is InChI=1S/C16H19NO4/c1-6(2)13(16(20)21)17-14(18)11-7-3-4-8(10-5-9(7)10)12(11)15(17)19/h3-4,6-13H,5H2,1-2H3,(H,20,21)/t7-,8-,9-,10+,11+,12+,13-/m1/s1. The molecule has 0 spiro atoms. The molecule has 4 aliphatic carbocycles. The van der Waals surface area contributed by atoms with Crippen LogP contribution in [0.1, 0.15) is 20.3 Å². The molecule has 5 rings (SSSR count). The van der Waals surface area contributed by atoms with Crippen LogP contribution in [0.2, 0.25) is 0 Å². The summed E-state index contributed by atoms with van der Waals surface area (Å²) in [6.07, 6.45) is 5.31. The Morgan fingerprint density at radius 1 is 1.14 bits per heavy atom. The third-order valence-electron chi connectivity index (χ3n) is 5.86. The summed E-state index contributed by atoms with van der Waals surface area (Å²) < 4.78 is 0. The molecule has 2 amide bonds. The van der Waals surface area contributed by atoms with Gasteiger partial charge in [0.25, 0.3) is 0 Å². The zero-order valence-electron chi connectivity index (χ0n) is 12.1. The molecule has 112 valence electrons. The lowest BCUT2D eigenvalue weighted by Crippen LogP contribution is -2.48. The molecule has 3 fully saturated rings. The Bertz CT molecular complexity index is 545. The van der Waals surface area contributed by atoms with Crippen molar-refractivity contribution in [1.29, 1.82) is 0 Å². The highest BCUT2D eigenvalue weighted by Gasteiger charge is 2.68. The molecule has 0 aromatic carbocycles. The number of nitrogens with zero attached hydrogens (tertiary/aromatic N) is 1. The quantitative estimate of drug-likeness (QED) is 0.624. The number of carbonyl (C=O) groups excluding carboxylic acids is 2. The van der Waals surface area contributed by atoms with Crippen molar-refractivity contribution in [2.24, 2.45) is 41.4 Å². The van der Waals surface area contributed by atoms with E-state index in [0.717, 1.165) is 11.3 Å². The minimum Gasteiger partial charge on any atom is -0.480 e. The van der Waals surface area contributed by atoms with Crippen molar-refractivity contribution < 1.29 is 19.5 Å². The monoisotopic (exact) mass is 289 g/mol. The highest BCUT2D eigenvalue weighted by atomic mass is 16.4. The summed E-state index contributed by atoms with van der Waals surface area (Å²) in [4.78, 5) is 38.1. The van der Waals surface area contributed by atoms with Crippen LogP contribution in [0.3, 0.4) is 0 Å². The molecule has 1 N–H and O–H groups in total. The van der Waals surface area contributed by atoms with Crippen molar-refractivity contribution in [3.8, 4) is 0 Å². The molecule has 2 saturated carbocycles. The van der Waals surface area contributed by atoms with Crippen LogP contribution in [-0.2, 0) is 14.4 Å². The van der Waals surface area contributed by atoms with Crippen LogP contribution in [0.15, 0.2) is 12.2 Å². The summed E-state index contributed by atoms with van der Waals surface area (Å²) in [6.45, 7) is 3.48. The predicted octanol–water partition coefficient (Wildman–Crippen LogP) is 1.15. The van der Waals surface area contributed by atoms with E-state index in [1.165, 1.54) is 0 Å². The Kier molecular flexibility index (Phi) is 2.46. The van der Waals surface area contributed by atoms with E-state index in [-0.39, 0.29) is 41.4 Å². The second-order valence-corrected chi connectivity index (χ2v) is 7.23. The molecule has 5 nitrogen and oxygen atoms in total. The predicted molar refractivity (Wildman–Crippen MR) is 72.8 cm³/mol. The van der Waals surface area contributed by atoms with Crippen LogP contribution < -0.4 is 0 Å². The zero-order chi connectivity index (χ0) is 15.0. The summed E-state index contributed by atoms with van der Waals surface area (Å²) in [6, 6.07) is -1.04. The van der Waals surface area contributed by atoms with Gasteiger partial charge in [-0.25, -0.2) is 4.79 Å². The summed E-state index contributed by atoms with van der Waals surface area (Å²) in [5.41, 5.74) is 0. The lowest BCUT2D eigenvalue weighted by Gasteiger charge is -2.37. The molecular weight excluding hydrogens is 270 g/mol. The smallest absolute Gasteiger partial charge is 0.327 e. The number of imide groups is 1. The van der Waals surface area contributed by atoms with E-state index in [1.807, 2.05) is 0 Å². The summed E-state index contributed by atoms with van der Waals surface area (Å²) in [5.74, 6) is -1.12. The first kappa shape index (κ1) is 13.0. The van der Waals surface area contributed by atoms with Gasteiger partial charge in [-0.2, -0.15) is 0 Å². The minimum atomic E-state index is -1.09. The molecule has 1 heterocycles. The van der Waals surface area contributed by atoms with Crippen molar-refractivity contribution in [2.45, 2.75) is 26.3 Å². The first-order chi connectivity index (χ1) is 9.93. The van der Waals surface area contributed by atoms with Gasteiger partial charge in [0.15, 0.2) is 0 Å². The highest BCUT2D eigenvalue weighted by Crippen LogP contribution is 2.65. The maximum atomic E-state index is 12.8. The number of hydrogen-bond acceptors (Lipinski definition) is 3. The molecular formula is C16H19NO4. The van der Waals surface area contributed by atoms with Gasteiger partial charge in [0, 0.05) is 0 Å². The zero-order valence-corrected chi connectivity index (χ0v) is 12.1. The van der Waals surface area contributed by atoms with E-state index in [9.17, 15) is 19.5 Å². The number of carboxylic acids is 1. The van der Waals surface area contributed by atoms with Crippen LogP contribution >= 0.6 is 0 Å². The average molecular weight is 289 g/mol.